The van der Waals surface area contributed by atoms with Crippen molar-refractivity contribution in [1.82, 2.24) is 14.9 Å². The zero-order valence-electron chi connectivity index (χ0n) is 12.1. The van der Waals surface area contributed by atoms with Gasteiger partial charge in [0.2, 0.25) is 5.91 Å². The predicted octanol–water partition coefficient (Wildman–Crippen LogP) is 2.03. The van der Waals surface area contributed by atoms with E-state index in [1.54, 1.807) is 12.1 Å². The van der Waals surface area contributed by atoms with Crippen LogP contribution >= 0.6 is 0 Å². The summed E-state index contributed by atoms with van der Waals surface area (Å²) in [6.07, 6.45) is 9.46. The van der Waals surface area contributed by atoms with Crippen LogP contribution in [-0.4, -0.2) is 34.4 Å². The molecule has 2 N–H and O–H groups in total. The molecular formula is C16H20N4O. The Morgan fingerprint density at radius 1 is 1.24 bits per heavy atom. The van der Waals surface area contributed by atoms with Crippen molar-refractivity contribution in [3.63, 3.8) is 0 Å². The third kappa shape index (κ3) is 4.36. The van der Waals surface area contributed by atoms with E-state index in [9.17, 15) is 4.79 Å². The average molecular weight is 284 g/mol. The van der Waals surface area contributed by atoms with Crippen LogP contribution in [0.5, 0.6) is 0 Å². The molecule has 5 nitrogen and oxygen atoms in total. The van der Waals surface area contributed by atoms with Crippen LogP contribution in [0.4, 0.5) is 0 Å². The molecule has 1 saturated heterocycles. The van der Waals surface area contributed by atoms with E-state index in [-0.39, 0.29) is 0 Å². The summed E-state index contributed by atoms with van der Waals surface area (Å²) < 4.78 is 0. The van der Waals surface area contributed by atoms with Crippen molar-refractivity contribution >= 4 is 5.91 Å². The molecule has 110 valence electrons. The van der Waals surface area contributed by atoms with Gasteiger partial charge >= 0.3 is 0 Å². The fourth-order valence-electron chi connectivity index (χ4n) is 2.42. The summed E-state index contributed by atoms with van der Waals surface area (Å²) in [5.41, 5.74) is 6.80. The summed E-state index contributed by atoms with van der Waals surface area (Å²) in [7, 11) is 2.19. The van der Waals surface area contributed by atoms with Gasteiger partial charge in [-0.3, -0.25) is 19.7 Å². The molecule has 0 spiro atoms. The Kier molecular flexibility index (Phi) is 5.40. The molecule has 0 bridgehead atoms. The van der Waals surface area contributed by atoms with E-state index in [4.69, 9.17) is 5.73 Å². The summed E-state index contributed by atoms with van der Waals surface area (Å²) in [5.74, 6) is -0.419. The van der Waals surface area contributed by atoms with E-state index < -0.39 is 5.91 Å². The van der Waals surface area contributed by atoms with Gasteiger partial charge in [0.25, 0.3) is 0 Å². The van der Waals surface area contributed by atoms with Crippen LogP contribution in [0, 0.1) is 0 Å². The Labute approximate surface area is 124 Å². The number of nitrogens with two attached hydrogens (primary N) is 1. The first-order valence-corrected chi connectivity index (χ1v) is 6.98. The number of hydrogen-bond acceptors (Lipinski definition) is 4. The topological polar surface area (TPSA) is 72.1 Å². The molecule has 0 saturated carbocycles. The van der Waals surface area contributed by atoms with E-state index >= 15 is 0 Å². The van der Waals surface area contributed by atoms with Crippen LogP contribution in [0.15, 0.2) is 49.1 Å². The molecule has 21 heavy (non-hydrogen) atoms. The Bertz CT molecular complexity index is 559. The lowest BCUT2D eigenvalue weighted by Crippen LogP contribution is -2.17. The maximum absolute atomic E-state index is 10.4. The number of nitrogens with zero attached hydrogens (tertiary/aromatic N) is 3. The van der Waals surface area contributed by atoms with Gasteiger partial charge in [-0.1, -0.05) is 6.07 Å². The first-order chi connectivity index (χ1) is 10.2. The predicted molar refractivity (Wildman–Crippen MR) is 81.6 cm³/mol. The number of amides is 1. The van der Waals surface area contributed by atoms with Crippen LogP contribution in [0.2, 0.25) is 0 Å². The zero-order chi connectivity index (χ0) is 15.1. The van der Waals surface area contributed by atoms with Crippen LogP contribution in [-0.2, 0) is 0 Å². The van der Waals surface area contributed by atoms with Gasteiger partial charge in [-0.2, -0.15) is 0 Å². The molecule has 1 aliphatic rings. The van der Waals surface area contributed by atoms with Gasteiger partial charge in [0.05, 0.1) is 0 Å². The van der Waals surface area contributed by atoms with Crippen molar-refractivity contribution in [1.29, 1.82) is 0 Å². The molecule has 3 rings (SSSR count). The van der Waals surface area contributed by atoms with Crippen molar-refractivity contribution in [3.8, 4) is 0 Å². The van der Waals surface area contributed by atoms with Crippen molar-refractivity contribution in [2.24, 2.45) is 5.73 Å². The van der Waals surface area contributed by atoms with Crippen molar-refractivity contribution in [3.05, 3.63) is 60.2 Å². The van der Waals surface area contributed by atoms with Crippen LogP contribution < -0.4 is 5.73 Å². The minimum Gasteiger partial charge on any atom is -0.366 e. The molecule has 0 aromatic carbocycles. The van der Waals surface area contributed by atoms with Crippen LogP contribution in [0.25, 0.3) is 0 Å². The molecule has 1 amide bonds. The first-order valence-electron chi connectivity index (χ1n) is 6.98. The normalized spacial score (nSPS) is 17.9. The summed E-state index contributed by atoms with van der Waals surface area (Å²) >= 11 is 0. The number of primary amides is 1. The Morgan fingerprint density at radius 3 is 2.48 bits per heavy atom. The third-order valence-electron chi connectivity index (χ3n) is 3.55. The molecule has 5 heteroatoms. The van der Waals surface area contributed by atoms with E-state index in [1.165, 1.54) is 37.3 Å². The number of hydrogen-bond donors (Lipinski definition) is 1. The number of carbonyl (C=O) groups excluding carboxylic acids is 1. The lowest BCUT2D eigenvalue weighted by Gasteiger charge is -2.18. The zero-order valence-corrected chi connectivity index (χ0v) is 12.1. The van der Waals surface area contributed by atoms with Gasteiger partial charge in [-0.05, 0) is 50.2 Å². The van der Waals surface area contributed by atoms with Gasteiger partial charge in [0.1, 0.15) is 0 Å². The highest BCUT2D eigenvalue weighted by Crippen LogP contribution is 2.29. The SMILES string of the molecule is CN1CCCC1c1cccnc1.NC(=O)c1ccncc1. The van der Waals surface area contributed by atoms with E-state index in [1.807, 2.05) is 18.5 Å². The minimum atomic E-state index is -0.419. The summed E-state index contributed by atoms with van der Waals surface area (Å²) in [5, 5.41) is 0. The molecular weight excluding hydrogens is 264 g/mol. The Hall–Kier alpha value is -2.27. The molecule has 1 atom stereocenters. The second-order valence-corrected chi connectivity index (χ2v) is 5.03. The Balaban J connectivity index is 0.000000161. The number of rotatable bonds is 2. The minimum absolute atomic E-state index is 0.419. The number of likely N-dealkylation sites (tertiary alicyclic amines) is 1. The fraction of sp³-hybridized carbons (Fsp3) is 0.312. The number of aromatic nitrogens is 2. The third-order valence-corrected chi connectivity index (χ3v) is 3.55. The van der Waals surface area contributed by atoms with Crippen molar-refractivity contribution in [2.45, 2.75) is 18.9 Å². The summed E-state index contributed by atoms with van der Waals surface area (Å²) in [4.78, 5) is 20.7. The molecule has 1 aliphatic heterocycles. The molecule has 2 aromatic heterocycles. The number of pyridine rings is 2. The monoisotopic (exact) mass is 284 g/mol. The lowest BCUT2D eigenvalue weighted by molar-refractivity contribution is 0.1000. The van der Waals surface area contributed by atoms with Gasteiger partial charge in [0.15, 0.2) is 0 Å². The van der Waals surface area contributed by atoms with E-state index in [0.29, 0.717) is 11.6 Å². The van der Waals surface area contributed by atoms with Crippen LogP contribution in [0.1, 0.15) is 34.8 Å². The van der Waals surface area contributed by atoms with Gasteiger partial charge in [-0.25, -0.2) is 0 Å². The molecule has 0 radical (unpaired) electrons. The van der Waals surface area contributed by atoms with E-state index in [0.717, 1.165) is 0 Å². The van der Waals surface area contributed by atoms with Crippen LogP contribution in [0.3, 0.4) is 0 Å². The number of carbonyl (C=O) groups is 1. The molecule has 0 aliphatic carbocycles. The summed E-state index contributed by atoms with van der Waals surface area (Å²) in [6, 6.07) is 7.93. The lowest BCUT2D eigenvalue weighted by atomic mass is 10.1. The van der Waals surface area contributed by atoms with Gasteiger partial charge < -0.3 is 5.73 Å². The first kappa shape index (κ1) is 15.1. The van der Waals surface area contributed by atoms with Gasteiger partial charge in [-0.15, -0.1) is 0 Å². The van der Waals surface area contributed by atoms with Crippen molar-refractivity contribution in [2.75, 3.05) is 13.6 Å². The highest BCUT2D eigenvalue weighted by atomic mass is 16.1. The maximum atomic E-state index is 10.4. The summed E-state index contributed by atoms with van der Waals surface area (Å²) in [6.45, 7) is 1.22. The van der Waals surface area contributed by atoms with E-state index in [2.05, 4.69) is 28.0 Å². The Morgan fingerprint density at radius 2 is 2.00 bits per heavy atom. The van der Waals surface area contributed by atoms with Gasteiger partial charge in [0, 0.05) is 36.4 Å². The quantitative estimate of drug-likeness (QED) is 0.916. The second kappa shape index (κ2) is 7.50. The van der Waals surface area contributed by atoms with Crippen molar-refractivity contribution < 1.29 is 4.79 Å². The maximum Gasteiger partial charge on any atom is 0.248 e. The molecule has 1 unspecified atom stereocenters. The fourth-order valence-corrected chi connectivity index (χ4v) is 2.42. The second-order valence-electron chi connectivity index (χ2n) is 5.03. The highest BCUT2D eigenvalue weighted by molar-refractivity contribution is 5.92. The molecule has 3 heterocycles. The smallest absolute Gasteiger partial charge is 0.248 e. The molecule has 1 fully saturated rings. The average Bonchev–Trinajstić information content (AvgIpc) is 2.96. The highest BCUT2D eigenvalue weighted by Gasteiger charge is 2.21. The largest absolute Gasteiger partial charge is 0.366 e. The standard InChI is InChI=1S/C10H14N2.C6H6N2O/c1-12-7-3-5-10(12)9-4-2-6-11-8-9;7-6(9)5-1-3-8-4-2-5/h2,4,6,8,10H,3,5,7H2,1H3;1-4H,(H2,7,9). The molecule has 2 aromatic rings.